The number of oxazole rings is 1. The third-order valence-corrected chi connectivity index (χ3v) is 7.19. The van der Waals surface area contributed by atoms with Crippen LogP contribution in [-0.4, -0.2) is 34.8 Å². The van der Waals surface area contributed by atoms with Gasteiger partial charge in [0.15, 0.2) is 5.58 Å². The van der Waals surface area contributed by atoms with Gasteiger partial charge in [-0.25, -0.2) is 4.98 Å². The minimum atomic E-state index is -0.0883. The molecule has 1 unspecified atom stereocenters. The average molecular weight is 482 g/mol. The molecule has 1 aliphatic rings. The first kappa shape index (κ1) is 23.8. The van der Waals surface area contributed by atoms with Crippen LogP contribution in [0.4, 0.5) is 0 Å². The Kier molecular flexibility index (Phi) is 6.85. The fraction of sp³-hybridized carbons (Fsp3) is 0.300. The summed E-state index contributed by atoms with van der Waals surface area (Å²) < 4.78 is 5.94. The van der Waals surface area contributed by atoms with Crippen LogP contribution in [0, 0.1) is 18.8 Å². The highest BCUT2D eigenvalue weighted by Crippen LogP contribution is 2.28. The van der Waals surface area contributed by atoms with E-state index in [-0.39, 0.29) is 23.7 Å². The van der Waals surface area contributed by atoms with Crippen LogP contribution < -0.4 is 5.32 Å². The van der Waals surface area contributed by atoms with Gasteiger partial charge in [-0.2, -0.15) is 0 Å². The van der Waals surface area contributed by atoms with Crippen LogP contribution in [0.3, 0.4) is 0 Å². The lowest BCUT2D eigenvalue weighted by Gasteiger charge is -2.34. The SMILES string of the molecule is Cc1ccc(CNC(=O)C(C)C2CCN(C(=O)c3ccc4nc(-c5ccccc5)oc4c3)CC2)cc1. The van der Waals surface area contributed by atoms with Gasteiger partial charge in [-0.3, -0.25) is 9.59 Å². The molecular weight excluding hydrogens is 450 g/mol. The summed E-state index contributed by atoms with van der Waals surface area (Å²) in [6.45, 7) is 5.87. The Labute approximate surface area is 211 Å². The van der Waals surface area contributed by atoms with Gasteiger partial charge in [0.25, 0.3) is 5.91 Å². The number of aryl methyl sites for hydroxylation is 1. The van der Waals surface area contributed by atoms with Gasteiger partial charge >= 0.3 is 0 Å². The van der Waals surface area contributed by atoms with E-state index in [4.69, 9.17) is 4.42 Å². The van der Waals surface area contributed by atoms with Gasteiger partial charge in [-0.1, -0.05) is 55.0 Å². The normalized spacial score (nSPS) is 15.1. The maximum absolute atomic E-state index is 13.2. The first-order valence-electron chi connectivity index (χ1n) is 12.6. The van der Waals surface area contributed by atoms with Crippen LogP contribution in [0.1, 0.15) is 41.3 Å². The Balaban J connectivity index is 1.17. The highest BCUT2D eigenvalue weighted by molar-refractivity contribution is 5.97. The predicted octanol–water partition coefficient (Wildman–Crippen LogP) is 5.61. The minimum Gasteiger partial charge on any atom is -0.436 e. The Morgan fingerprint density at radius 3 is 2.47 bits per heavy atom. The molecule has 0 bridgehead atoms. The van der Waals surface area contributed by atoms with Crippen LogP contribution >= 0.6 is 0 Å². The molecule has 0 saturated carbocycles. The summed E-state index contributed by atoms with van der Waals surface area (Å²) in [5.74, 6) is 0.785. The van der Waals surface area contributed by atoms with E-state index in [0.717, 1.165) is 29.5 Å². The highest BCUT2D eigenvalue weighted by Gasteiger charge is 2.30. The fourth-order valence-corrected chi connectivity index (χ4v) is 4.82. The molecule has 36 heavy (non-hydrogen) atoms. The summed E-state index contributed by atoms with van der Waals surface area (Å²) in [4.78, 5) is 32.4. The Hall–Kier alpha value is -3.93. The zero-order valence-corrected chi connectivity index (χ0v) is 20.7. The highest BCUT2D eigenvalue weighted by atomic mass is 16.3. The van der Waals surface area contributed by atoms with E-state index in [1.54, 1.807) is 6.07 Å². The quantitative estimate of drug-likeness (QED) is 0.389. The van der Waals surface area contributed by atoms with Crippen LogP contribution in [-0.2, 0) is 11.3 Å². The number of aromatic nitrogens is 1. The van der Waals surface area contributed by atoms with Crippen LogP contribution in [0.15, 0.2) is 77.2 Å². The number of piperidine rings is 1. The molecule has 1 N–H and O–H groups in total. The molecule has 1 aliphatic heterocycles. The second-order valence-electron chi connectivity index (χ2n) is 9.69. The molecule has 1 aromatic heterocycles. The number of fused-ring (bicyclic) bond motifs is 1. The maximum Gasteiger partial charge on any atom is 0.253 e. The lowest BCUT2D eigenvalue weighted by atomic mass is 9.84. The van der Waals surface area contributed by atoms with Crippen LogP contribution in [0.2, 0.25) is 0 Å². The number of rotatable bonds is 6. The summed E-state index contributed by atoms with van der Waals surface area (Å²) in [5.41, 5.74) is 5.14. The molecule has 1 fully saturated rings. The summed E-state index contributed by atoms with van der Waals surface area (Å²) in [7, 11) is 0. The van der Waals surface area contributed by atoms with Crippen molar-refractivity contribution in [2.45, 2.75) is 33.2 Å². The molecule has 0 aliphatic carbocycles. The van der Waals surface area contributed by atoms with Crippen molar-refractivity contribution < 1.29 is 14.0 Å². The van der Waals surface area contributed by atoms with Crippen molar-refractivity contribution in [2.24, 2.45) is 11.8 Å². The molecule has 184 valence electrons. The van der Waals surface area contributed by atoms with Crippen LogP contribution in [0.25, 0.3) is 22.6 Å². The number of carbonyl (C=O) groups is 2. The van der Waals surface area contributed by atoms with E-state index in [2.05, 4.69) is 29.4 Å². The fourth-order valence-electron chi connectivity index (χ4n) is 4.82. The molecule has 2 amide bonds. The molecule has 6 nitrogen and oxygen atoms in total. The number of benzene rings is 3. The van der Waals surface area contributed by atoms with Gasteiger partial charge in [0.1, 0.15) is 5.52 Å². The lowest BCUT2D eigenvalue weighted by Crippen LogP contribution is -2.42. The largest absolute Gasteiger partial charge is 0.436 e. The number of carbonyl (C=O) groups excluding carboxylic acids is 2. The van der Waals surface area contributed by atoms with Crippen molar-refractivity contribution in [2.75, 3.05) is 13.1 Å². The molecule has 3 aromatic carbocycles. The molecule has 6 heteroatoms. The second-order valence-corrected chi connectivity index (χ2v) is 9.69. The maximum atomic E-state index is 13.2. The first-order valence-corrected chi connectivity index (χ1v) is 12.6. The van der Waals surface area contributed by atoms with Crippen LogP contribution in [0.5, 0.6) is 0 Å². The molecule has 0 spiro atoms. The average Bonchev–Trinajstić information content (AvgIpc) is 3.36. The third-order valence-electron chi connectivity index (χ3n) is 7.19. The summed E-state index contributed by atoms with van der Waals surface area (Å²) >= 11 is 0. The van der Waals surface area contributed by atoms with E-state index in [1.807, 2.05) is 66.4 Å². The van der Waals surface area contributed by atoms with Crippen molar-refractivity contribution in [3.05, 3.63) is 89.5 Å². The summed E-state index contributed by atoms with van der Waals surface area (Å²) in [5, 5.41) is 3.07. The second kappa shape index (κ2) is 10.4. The van der Waals surface area contributed by atoms with E-state index in [1.165, 1.54) is 5.56 Å². The zero-order chi connectivity index (χ0) is 25.1. The standard InChI is InChI=1S/C30H31N3O3/c1-20-8-10-22(11-9-20)19-31-28(34)21(2)23-14-16-33(17-15-23)30(35)25-12-13-26-27(18-25)36-29(32-26)24-6-4-3-5-7-24/h3-13,18,21,23H,14-17,19H2,1-2H3,(H,31,34). The number of likely N-dealkylation sites (tertiary alicyclic amines) is 1. The number of hydrogen-bond donors (Lipinski definition) is 1. The Morgan fingerprint density at radius 1 is 1.03 bits per heavy atom. The molecule has 2 heterocycles. The predicted molar refractivity (Wildman–Crippen MR) is 140 cm³/mol. The Bertz CT molecular complexity index is 1350. The van der Waals surface area contributed by atoms with Crippen molar-refractivity contribution in [3.63, 3.8) is 0 Å². The van der Waals surface area contributed by atoms with E-state index in [9.17, 15) is 9.59 Å². The number of nitrogens with zero attached hydrogens (tertiary/aromatic N) is 2. The number of nitrogens with one attached hydrogen (secondary N) is 1. The van der Waals surface area contributed by atoms with Gasteiger partial charge in [0.05, 0.1) is 0 Å². The van der Waals surface area contributed by atoms with Crippen molar-refractivity contribution in [3.8, 4) is 11.5 Å². The van der Waals surface area contributed by atoms with Crippen molar-refractivity contribution >= 4 is 22.9 Å². The molecule has 0 radical (unpaired) electrons. The molecule has 1 atom stereocenters. The minimum absolute atomic E-state index is 0.00973. The van der Waals surface area contributed by atoms with Crippen molar-refractivity contribution in [1.82, 2.24) is 15.2 Å². The number of hydrogen-bond acceptors (Lipinski definition) is 4. The first-order chi connectivity index (χ1) is 17.5. The monoisotopic (exact) mass is 481 g/mol. The smallest absolute Gasteiger partial charge is 0.253 e. The Morgan fingerprint density at radius 2 is 1.75 bits per heavy atom. The van der Waals surface area contributed by atoms with E-state index < -0.39 is 0 Å². The zero-order valence-electron chi connectivity index (χ0n) is 20.7. The van der Waals surface area contributed by atoms with Gasteiger partial charge in [0, 0.05) is 36.7 Å². The molecule has 5 rings (SSSR count). The lowest BCUT2D eigenvalue weighted by molar-refractivity contribution is -0.126. The molecule has 1 saturated heterocycles. The van der Waals surface area contributed by atoms with Gasteiger partial charge in [-0.05, 0) is 61.6 Å². The number of amides is 2. The summed E-state index contributed by atoms with van der Waals surface area (Å²) in [6.07, 6.45) is 1.63. The van der Waals surface area contributed by atoms with Gasteiger partial charge in [0.2, 0.25) is 11.8 Å². The topological polar surface area (TPSA) is 75.4 Å². The third kappa shape index (κ3) is 5.18. The molecular formula is C30H31N3O3. The summed E-state index contributed by atoms with van der Waals surface area (Å²) in [6, 6.07) is 23.4. The van der Waals surface area contributed by atoms with E-state index >= 15 is 0 Å². The van der Waals surface area contributed by atoms with Crippen molar-refractivity contribution in [1.29, 1.82) is 0 Å². The van der Waals surface area contributed by atoms with Gasteiger partial charge < -0.3 is 14.6 Å². The molecule has 4 aromatic rings. The van der Waals surface area contributed by atoms with E-state index in [0.29, 0.717) is 36.7 Å². The van der Waals surface area contributed by atoms with Gasteiger partial charge in [-0.15, -0.1) is 0 Å².